The van der Waals surface area contributed by atoms with Crippen molar-refractivity contribution < 1.29 is 9.90 Å². The quantitative estimate of drug-likeness (QED) is 0.686. The van der Waals surface area contributed by atoms with E-state index in [9.17, 15) is 4.79 Å². The predicted molar refractivity (Wildman–Crippen MR) is 56.2 cm³/mol. The van der Waals surface area contributed by atoms with Gasteiger partial charge in [-0.1, -0.05) is 13.3 Å². The zero-order valence-electron chi connectivity index (χ0n) is 9.34. The summed E-state index contributed by atoms with van der Waals surface area (Å²) in [5, 5.41) is 12.2. The van der Waals surface area contributed by atoms with E-state index in [1.807, 2.05) is 0 Å². The molecule has 2 unspecified atom stereocenters. The molecule has 0 aromatic carbocycles. The first kappa shape index (κ1) is 11.5. The van der Waals surface area contributed by atoms with Gasteiger partial charge in [-0.15, -0.1) is 0 Å². The average molecular weight is 199 g/mol. The van der Waals surface area contributed by atoms with E-state index in [0.29, 0.717) is 12.6 Å². The highest BCUT2D eigenvalue weighted by Crippen LogP contribution is 2.35. The van der Waals surface area contributed by atoms with Gasteiger partial charge in [-0.3, -0.25) is 4.79 Å². The van der Waals surface area contributed by atoms with Gasteiger partial charge < -0.3 is 10.4 Å². The Balaban J connectivity index is 2.19. The molecule has 14 heavy (non-hydrogen) atoms. The molecule has 1 fully saturated rings. The van der Waals surface area contributed by atoms with Crippen molar-refractivity contribution in [2.24, 2.45) is 11.3 Å². The third-order valence-corrected chi connectivity index (χ3v) is 2.97. The Kier molecular flexibility index (Phi) is 3.53. The lowest BCUT2D eigenvalue weighted by Gasteiger charge is -2.19. The normalized spacial score (nSPS) is 26.2. The van der Waals surface area contributed by atoms with E-state index in [1.165, 1.54) is 19.3 Å². The van der Waals surface area contributed by atoms with Crippen LogP contribution in [0.3, 0.4) is 0 Å². The molecule has 0 heterocycles. The van der Waals surface area contributed by atoms with Gasteiger partial charge in [0.25, 0.3) is 0 Å². The van der Waals surface area contributed by atoms with Crippen LogP contribution in [0.15, 0.2) is 0 Å². The molecule has 0 radical (unpaired) electrons. The maximum atomic E-state index is 10.8. The van der Waals surface area contributed by atoms with Gasteiger partial charge in [0.05, 0.1) is 5.41 Å². The number of hydrogen-bond acceptors (Lipinski definition) is 2. The highest BCUT2D eigenvalue weighted by Gasteiger charge is 2.37. The number of carbonyl (C=O) groups is 1. The third kappa shape index (κ3) is 2.98. The SMILES string of the molecule is CCCC1CC1NCC(C)(C)C(=O)O. The fourth-order valence-electron chi connectivity index (χ4n) is 1.65. The zero-order chi connectivity index (χ0) is 10.8. The van der Waals surface area contributed by atoms with Gasteiger partial charge in [0, 0.05) is 12.6 Å². The number of nitrogens with one attached hydrogen (secondary N) is 1. The van der Waals surface area contributed by atoms with E-state index in [4.69, 9.17) is 5.11 Å². The summed E-state index contributed by atoms with van der Waals surface area (Å²) < 4.78 is 0. The molecule has 3 heteroatoms. The molecule has 3 nitrogen and oxygen atoms in total. The molecular formula is C11H21NO2. The molecule has 0 spiro atoms. The Bertz CT molecular complexity index is 213. The van der Waals surface area contributed by atoms with Crippen molar-refractivity contribution in [2.75, 3.05) is 6.54 Å². The number of aliphatic carboxylic acids is 1. The lowest BCUT2D eigenvalue weighted by Crippen LogP contribution is -2.37. The van der Waals surface area contributed by atoms with Crippen LogP contribution in [-0.4, -0.2) is 23.7 Å². The number of hydrogen-bond donors (Lipinski definition) is 2. The molecule has 0 aromatic rings. The minimum absolute atomic E-state index is 0.577. The second-order valence-electron chi connectivity index (χ2n) is 4.96. The second kappa shape index (κ2) is 4.30. The van der Waals surface area contributed by atoms with Gasteiger partial charge in [-0.2, -0.15) is 0 Å². The average Bonchev–Trinajstić information content (AvgIpc) is 2.81. The molecule has 0 bridgehead atoms. The van der Waals surface area contributed by atoms with E-state index in [0.717, 1.165) is 5.92 Å². The zero-order valence-corrected chi connectivity index (χ0v) is 9.34. The van der Waals surface area contributed by atoms with Crippen LogP contribution in [0.1, 0.15) is 40.0 Å². The van der Waals surface area contributed by atoms with Gasteiger partial charge >= 0.3 is 5.97 Å². The van der Waals surface area contributed by atoms with Crippen molar-refractivity contribution >= 4 is 5.97 Å². The Morgan fingerprint density at radius 1 is 1.57 bits per heavy atom. The molecule has 1 aliphatic rings. The summed E-state index contributed by atoms with van der Waals surface area (Å²) in [5.74, 6) is 0.0716. The molecule has 0 aromatic heterocycles. The molecule has 2 atom stereocenters. The van der Waals surface area contributed by atoms with Crippen LogP contribution in [0.2, 0.25) is 0 Å². The van der Waals surface area contributed by atoms with Crippen LogP contribution in [0.4, 0.5) is 0 Å². The minimum atomic E-state index is -0.724. The molecule has 1 saturated carbocycles. The third-order valence-electron chi connectivity index (χ3n) is 2.97. The van der Waals surface area contributed by atoms with E-state index in [2.05, 4.69) is 12.2 Å². The summed E-state index contributed by atoms with van der Waals surface area (Å²) in [6, 6.07) is 0.577. The summed E-state index contributed by atoms with van der Waals surface area (Å²) in [4.78, 5) is 10.8. The summed E-state index contributed by atoms with van der Waals surface area (Å²) in [7, 11) is 0. The molecule has 1 rings (SSSR count). The van der Waals surface area contributed by atoms with E-state index >= 15 is 0 Å². The fourth-order valence-corrected chi connectivity index (χ4v) is 1.65. The smallest absolute Gasteiger partial charge is 0.310 e. The van der Waals surface area contributed by atoms with Gasteiger partial charge in [-0.25, -0.2) is 0 Å². The lowest BCUT2D eigenvalue weighted by atomic mass is 9.94. The Morgan fingerprint density at radius 3 is 2.71 bits per heavy atom. The molecular weight excluding hydrogens is 178 g/mol. The number of carboxylic acids is 1. The van der Waals surface area contributed by atoms with E-state index in [-0.39, 0.29) is 0 Å². The van der Waals surface area contributed by atoms with Gasteiger partial charge in [-0.05, 0) is 32.6 Å². The van der Waals surface area contributed by atoms with Gasteiger partial charge in [0.15, 0.2) is 0 Å². The molecule has 82 valence electrons. The van der Waals surface area contributed by atoms with Gasteiger partial charge in [0.2, 0.25) is 0 Å². The summed E-state index contributed by atoms with van der Waals surface area (Å²) in [5.41, 5.74) is -0.640. The molecule has 0 aliphatic heterocycles. The van der Waals surface area contributed by atoms with Crippen LogP contribution in [0.5, 0.6) is 0 Å². The Morgan fingerprint density at radius 2 is 2.21 bits per heavy atom. The lowest BCUT2D eigenvalue weighted by molar-refractivity contribution is -0.146. The summed E-state index contributed by atoms with van der Waals surface area (Å²) in [6.07, 6.45) is 3.72. The first-order valence-corrected chi connectivity index (χ1v) is 5.44. The molecule has 2 N–H and O–H groups in total. The highest BCUT2D eigenvalue weighted by molar-refractivity contribution is 5.73. The van der Waals surface area contributed by atoms with Crippen molar-refractivity contribution in [3.8, 4) is 0 Å². The maximum absolute atomic E-state index is 10.8. The van der Waals surface area contributed by atoms with Crippen molar-refractivity contribution in [1.82, 2.24) is 5.32 Å². The first-order valence-electron chi connectivity index (χ1n) is 5.44. The summed E-state index contributed by atoms with van der Waals surface area (Å²) in [6.45, 7) is 6.29. The molecule has 0 amide bonds. The minimum Gasteiger partial charge on any atom is -0.481 e. The number of rotatable bonds is 6. The molecule has 0 saturated heterocycles. The van der Waals surface area contributed by atoms with Gasteiger partial charge in [0.1, 0.15) is 0 Å². The van der Waals surface area contributed by atoms with Crippen molar-refractivity contribution in [1.29, 1.82) is 0 Å². The monoisotopic (exact) mass is 199 g/mol. The largest absolute Gasteiger partial charge is 0.481 e. The van der Waals surface area contributed by atoms with Crippen LogP contribution in [-0.2, 0) is 4.79 Å². The Hall–Kier alpha value is -0.570. The topological polar surface area (TPSA) is 49.3 Å². The Labute approximate surface area is 85.9 Å². The van der Waals surface area contributed by atoms with E-state index < -0.39 is 11.4 Å². The van der Waals surface area contributed by atoms with Crippen molar-refractivity contribution in [2.45, 2.75) is 46.1 Å². The second-order valence-corrected chi connectivity index (χ2v) is 4.96. The van der Waals surface area contributed by atoms with E-state index in [1.54, 1.807) is 13.8 Å². The summed E-state index contributed by atoms with van der Waals surface area (Å²) >= 11 is 0. The molecule has 1 aliphatic carbocycles. The van der Waals surface area contributed by atoms with Crippen LogP contribution in [0.25, 0.3) is 0 Å². The highest BCUT2D eigenvalue weighted by atomic mass is 16.4. The van der Waals surface area contributed by atoms with Crippen molar-refractivity contribution in [3.05, 3.63) is 0 Å². The fraction of sp³-hybridized carbons (Fsp3) is 0.909. The standard InChI is InChI=1S/C11H21NO2/c1-4-5-8-6-9(8)12-7-11(2,3)10(13)14/h8-9,12H,4-7H2,1-3H3,(H,13,14). The number of carboxylic acid groups (broad SMARTS) is 1. The van der Waals surface area contributed by atoms with Crippen LogP contribution < -0.4 is 5.32 Å². The van der Waals surface area contributed by atoms with Crippen LogP contribution >= 0.6 is 0 Å². The predicted octanol–water partition coefficient (Wildman–Crippen LogP) is 1.88. The van der Waals surface area contributed by atoms with Crippen molar-refractivity contribution in [3.63, 3.8) is 0 Å². The van der Waals surface area contributed by atoms with Crippen LogP contribution in [0, 0.1) is 11.3 Å². The first-order chi connectivity index (χ1) is 6.47. The maximum Gasteiger partial charge on any atom is 0.310 e.